The Balaban J connectivity index is 1.81. The van der Waals surface area contributed by atoms with Crippen LogP contribution in [-0.4, -0.2) is 10.9 Å². The van der Waals surface area contributed by atoms with Gasteiger partial charge in [0.25, 0.3) is 0 Å². The van der Waals surface area contributed by atoms with Crippen LogP contribution in [0.4, 0.5) is 8.78 Å². The van der Waals surface area contributed by atoms with Crippen LogP contribution in [0.3, 0.4) is 0 Å². The molecule has 24 heavy (non-hydrogen) atoms. The number of halogens is 3. The van der Waals surface area contributed by atoms with E-state index >= 15 is 0 Å². The van der Waals surface area contributed by atoms with Gasteiger partial charge in [-0.15, -0.1) is 11.3 Å². The zero-order valence-corrected chi connectivity index (χ0v) is 14.6. The molecule has 0 saturated carbocycles. The Hall–Kier alpha value is -2.06. The lowest BCUT2D eigenvalue weighted by molar-refractivity contribution is -0.117. The Morgan fingerprint density at radius 3 is 2.83 bits per heavy atom. The summed E-state index contributed by atoms with van der Waals surface area (Å²) in [4.78, 5) is 15.3. The van der Waals surface area contributed by atoms with Crippen LogP contribution < -0.4 is 10.5 Å². The Bertz CT molecular complexity index is 930. The van der Waals surface area contributed by atoms with Crippen molar-refractivity contribution in [2.24, 2.45) is 5.73 Å². The standard InChI is InChI=1S/C16H11BrF2N2O2S/c17-8-1-4-13-11(5-8)21-15(24-13)7-23-12-3-2-10(18)9(16(12)19)6-14(20)22/h1-5H,6-7H2,(H2,20,22). The van der Waals surface area contributed by atoms with Gasteiger partial charge in [0.05, 0.1) is 16.6 Å². The maximum absolute atomic E-state index is 14.3. The number of fused-ring (bicyclic) bond motifs is 1. The maximum Gasteiger partial charge on any atom is 0.222 e. The first-order chi connectivity index (χ1) is 11.4. The summed E-state index contributed by atoms with van der Waals surface area (Å²) in [6.45, 7) is 0.0372. The third-order valence-corrected chi connectivity index (χ3v) is 4.75. The van der Waals surface area contributed by atoms with Gasteiger partial charge in [0.2, 0.25) is 5.91 Å². The molecule has 1 amide bonds. The average Bonchev–Trinajstić information content (AvgIpc) is 2.92. The summed E-state index contributed by atoms with van der Waals surface area (Å²) >= 11 is 4.79. The van der Waals surface area contributed by atoms with E-state index in [-0.39, 0.29) is 12.4 Å². The van der Waals surface area contributed by atoms with Crippen LogP contribution in [-0.2, 0) is 17.8 Å². The highest BCUT2D eigenvalue weighted by molar-refractivity contribution is 9.10. The van der Waals surface area contributed by atoms with Crippen LogP contribution in [0.25, 0.3) is 10.2 Å². The molecule has 0 bridgehead atoms. The summed E-state index contributed by atoms with van der Waals surface area (Å²) in [5.41, 5.74) is 5.42. The second-order valence-corrected chi connectivity index (χ2v) is 7.02. The lowest BCUT2D eigenvalue weighted by Crippen LogP contribution is -2.16. The van der Waals surface area contributed by atoms with Crippen molar-refractivity contribution in [1.82, 2.24) is 4.98 Å². The Labute approximate surface area is 148 Å². The van der Waals surface area contributed by atoms with Crippen molar-refractivity contribution < 1.29 is 18.3 Å². The molecule has 0 radical (unpaired) electrons. The summed E-state index contributed by atoms with van der Waals surface area (Å²) in [6, 6.07) is 7.93. The van der Waals surface area contributed by atoms with E-state index in [1.54, 1.807) is 0 Å². The number of hydrogen-bond acceptors (Lipinski definition) is 4. The first-order valence-electron chi connectivity index (χ1n) is 6.87. The van der Waals surface area contributed by atoms with Crippen molar-refractivity contribution in [2.75, 3.05) is 0 Å². The highest BCUT2D eigenvalue weighted by atomic mass is 79.9. The smallest absolute Gasteiger partial charge is 0.222 e. The molecular weight excluding hydrogens is 402 g/mol. The zero-order chi connectivity index (χ0) is 17.3. The fourth-order valence-corrected chi connectivity index (χ4v) is 3.38. The van der Waals surface area contributed by atoms with Gasteiger partial charge in [0.15, 0.2) is 11.6 Å². The molecule has 124 valence electrons. The SMILES string of the molecule is NC(=O)Cc1c(F)ccc(OCc2nc3cc(Br)ccc3s2)c1F. The number of nitrogens with two attached hydrogens (primary N) is 1. The van der Waals surface area contributed by atoms with Gasteiger partial charge >= 0.3 is 0 Å². The van der Waals surface area contributed by atoms with Gasteiger partial charge < -0.3 is 10.5 Å². The van der Waals surface area contributed by atoms with E-state index in [4.69, 9.17) is 10.5 Å². The number of amides is 1. The van der Waals surface area contributed by atoms with Crippen LogP contribution in [0.15, 0.2) is 34.8 Å². The third-order valence-electron chi connectivity index (χ3n) is 3.25. The summed E-state index contributed by atoms with van der Waals surface area (Å²) in [5.74, 6) is -2.71. The first-order valence-corrected chi connectivity index (χ1v) is 8.48. The minimum absolute atomic E-state index is 0.0372. The molecule has 2 aromatic carbocycles. The fraction of sp³-hybridized carbons (Fsp3) is 0.125. The van der Waals surface area contributed by atoms with Crippen molar-refractivity contribution in [2.45, 2.75) is 13.0 Å². The zero-order valence-electron chi connectivity index (χ0n) is 12.2. The Morgan fingerprint density at radius 2 is 2.08 bits per heavy atom. The molecule has 8 heteroatoms. The van der Waals surface area contributed by atoms with Crippen LogP contribution in [0, 0.1) is 11.6 Å². The minimum Gasteiger partial charge on any atom is -0.483 e. The number of ether oxygens (including phenoxy) is 1. The highest BCUT2D eigenvalue weighted by Gasteiger charge is 2.17. The predicted octanol–water partition coefficient (Wildman–Crippen LogP) is 3.94. The number of nitrogens with zero attached hydrogens (tertiary/aromatic N) is 1. The van der Waals surface area contributed by atoms with Crippen molar-refractivity contribution >= 4 is 43.4 Å². The summed E-state index contributed by atoms with van der Waals surface area (Å²) in [5, 5.41) is 0.656. The highest BCUT2D eigenvalue weighted by Crippen LogP contribution is 2.28. The van der Waals surface area contributed by atoms with Gasteiger partial charge in [0.1, 0.15) is 17.4 Å². The first kappa shape index (κ1) is 16.8. The Morgan fingerprint density at radius 1 is 1.29 bits per heavy atom. The van der Waals surface area contributed by atoms with E-state index in [9.17, 15) is 13.6 Å². The number of hydrogen-bond donors (Lipinski definition) is 1. The number of primary amides is 1. The molecule has 3 aromatic rings. The second kappa shape index (κ2) is 6.82. The molecule has 4 nitrogen and oxygen atoms in total. The maximum atomic E-state index is 14.3. The van der Waals surface area contributed by atoms with Gasteiger partial charge in [-0.25, -0.2) is 13.8 Å². The number of aromatic nitrogens is 1. The number of thiazole rings is 1. The van der Waals surface area contributed by atoms with Crippen molar-refractivity contribution in [3.63, 3.8) is 0 Å². The molecule has 1 heterocycles. The fourth-order valence-electron chi connectivity index (χ4n) is 2.17. The largest absolute Gasteiger partial charge is 0.483 e. The quantitative estimate of drug-likeness (QED) is 0.689. The molecule has 0 fully saturated rings. The number of carbonyl (C=O) groups excluding carboxylic acids is 1. The number of benzene rings is 2. The molecule has 0 unspecified atom stereocenters. The van der Waals surface area contributed by atoms with E-state index < -0.39 is 29.5 Å². The van der Waals surface area contributed by atoms with E-state index in [0.29, 0.717) is 5.01 Å². The van der Waals surface area contributed by atoms with Gasteiger partial charge in [-0.3, -0.25) is 4.79 Å². The minimum atomic E-state index is -0.919. The topological polar surface area (TPSA) is 65.2 Å². The third kappa shape index (κ3) is 3.54. The summed E-state index contributed by atoms with van der Waals surface area (Å²) in [6.07, 6.45) is -0.524. The molecule has 0 spiro atoms. The lowest BCUT2D eigenvalue weighted by atomic mass is 10.1. The molecule has 0 aliphatic carbocycles. The van der Waals surface area contributed by atoms with Crippen LogP contribution in [0.1, 0.15) is 10.6 Å². The van der Waals surface area contributed by atoms with E-state index in [0.717, 1.165) is 20.8 Å². The van der Waals surface area contributed by atoms with Gasteiger partial charge in [-0.1, -0.05) is 15.9 Å². The average molecular weight is 413 g/mol. The van der Waals surface area contributed by atoms with E-state index in [1.165, 1.54) is 17.4 Å². The van der Waals surface area contributed by atoms with Gasteiger partial charge in [-0.2, -0.15) is 0 Å². The predicted molar refractivity (Wildman–Crippen MR) is 90.9 cm³/mol. The van der Waals surface area contributed by atoms with Crippen molar-refractivity contribution in [1.29, 1.82) is 0 Å². The normalized spacial score (nSPS) is 11.0. The molecule has 1 aromatic heterocycles. The Kier molecular flexibility index (Phi) is 4.77. The van der Waals surface area contributed by atoms with Crippen molar-refractivity contribution in [3.05, 3.63) is 57.0 Å². The molecule has 3 rings (SSSR count). The molecule has 0 atom stereocenters. The van der Waals surface area contributed by atoms with Gasteiger partial charge in [0, 0.05) is 10.0 Å². The molecule has 2 N–H and O–H groups in total. The van der Waals surface area contributed by atoms with Crippen LogP contribution in [0.2, 0.25) is 0 Å². The summed E-state index contributed by atoms with van der Waals surface area (Å²) < 4.78 is 35.2. The van der Waals surface area contributed by atoms with Crippen molar-refractivity contribution in [3.8, 4) is 5.75 Å². The van der Waals surface area contributed by atoms with E-state index in [2.05, 4.69) is 20.9 Å². The van der Waals surface area contributed by atoms with Crippen LogP contribution >= 0.6 is 27.3 Å². The molecule has 0 aliphatic rings. The number of carbonyl (C=O) groups is 1. The van der Waals surface area contributed by atoms with Crippen LogP contribution in [0.5, 0.6) is 5.75 Å². The van der Waals surface area contributed by atoms with Gasteiger partial charge in [-0.05, 0) is 30.3 Å². The lowest BCUT2D eigenvalue weighted by Gasteiger charge is -2.09. The molecule has 0 aliphatic heterocycles. The van der Waals surface area contributed by atoms with E-state index in [1.807, 2.05) is 18.2 Å². The second-order valence-electron chi connectivity index (χ2n) is 4.99. The summed E-state index contributed by atoms with van der Waals surface area (Å²) in [7, 11) is 0. The molecule has 0 saturated heterocycles. The molecular formula is C16H11BrF2N2O2S. The number of rotatable bonds is 5. The monoisotopic (exact) mass is 412 g/mol.